The fourth-order valence-electron chi connectivity index (χ4n) is 2.37. The molecule has 1 saturated heterocycles. The SMILES string of the molecule is COCCCNC(=O)C(C)N1CCCC1C(=O)OC. The van der Waals surface area contributed by atoms with Gasteiger partial charge in [-0.15, -0.1) is 0 Å². The Hall–Kier alpha value is -1.14. The molecule has 1 rings (SSSR count). The van der Waals surface area contributed by atoms with Crippen molar-refractivity contribution in [1.29, 1.82) is 0 Å². The molecule has 0 aromatic heterocycles. The van der Waals surface area contributed by atoms with Crippen LogP contribution in [0.4, 0.5) is 0 Å². The first-order valence-corrected chi connectivity index (χ1v) is 6.72. The number of rotatable bonds is 7. The third-order valence-corrected chi connectivity index (χ3v) is 3.47. The molecule has 0 aromatic carbocycles. The highest BCUT2D eigenvalue weighted by molar-refractivity contribution is 5.83. The molecule has 0 radical (unpaired) electrons. The lowest BCUT2D eigenvalue weighted by atomic mass is 10.2. The van der Waals surface area contributed by atoms with Crippen LogP contribution in [0.15, 0.2) is 0 Å². The molecule has 1 heterocycles. The molecule has 0 aromatic rings. The van der Waals surface area contributed by atoms with Crippen LogP contribution in [0.1, 0.15) is 26.2 Å². The van der Waals surface area contributed by atoms with E-state index in [0.29, 0.717) is 13.2 Å². The highest BCUT2D eigenvalue weighted by Crippen LogP contribution is 2.21. The topological polar surface area (TPSA) is 67.9 Å². The number of carbonyl (C=O) groups is 2. The largest absolute Gasteiger partial charge is 0.468 e. The first-order valence-electron chi connectivity index (χ1n) is 6.72. The van der Waals surface area contributed by atoms with Gasteiger partial charge in [0.15, 0.2) is 0 Å². The Labute approximate surface area is 114 Å². The van der Waals surface area contributed by atoms with E-state index in [0.717, 1.165) is 25.8 Å². The van der Waals surface area contributed by atoms with Crippen molar-refractivity contribution in [2.24, 2.45) is 0 Å². The van der Waals surface area contributed by atoms with Crippen LogP contribution in [0.5, 0.6) is 0 Å². The zero-order valence-corrected chi connectivity index (χ0v) is 12.0. The van der Waals surface area contributed by atoms with Crippen molar-refractivity contribution < 1.29 is 19.1 Å². The summed E-state index contributed by atoms with van der Waals surface area (Å²) in [7, 11) is 3.02. The highest BCUT2D eigenvalue weighted by atomic mass is 16.5. The van der Waals surface area contributed by atoms with Gasteiger partial charge in [0.1, 0.15) is 6.04 Å². The second-order valence-corrected chi connectivity index (χ2v) is 4.73. The van der Waals surface area contributed by atoms with E-state index >= 15 is 0 Å². The molecule has 110 valence electrons. The van der Waals surface area contributed by atoms with Crippen LogP contribution in [0, 0.1) is 0 Å². The van der Waals surface area contributed by atoms with Gasteiger partial charge in [0.2, 0.25) is 5.91 Å². The number of likely N-dealkylation sites (tertiary alicyclic amines) is 1. The van der Waals surface area contributed by atoms with Crippen LogP contribution in [-0.2, 0) is 19.1 Å². The van der Waals surface area contributed by atoms with E-state index in [1.807, 2.05) is 11.8 Å². The number of methoxy groups -OCH3 is 2. The third-order valence-electron chi connectivity index (χ3n) is 3.47. The minimum atomic E-state index is -0.311. The number of amides is 1. The monoisotopic (exact) mass is 272 g/mol. The number of carbonyl (C=O) groups excluding carboxylic acids is 2. The van der Waals surface area contributed by atoms with Gasteiger partial charge >= 0.3 is 5.97 Å². The summed E-state index contributed by atoms with van der Waals surface area (Å²) in [5.41, 5.74) is 0. The van der Waals surface area contributed by atoms with E-state index in [4.69, 9.17) is 9.47 Å². The van der Waals surface area contributed by atoms with Crippen LogP contribution in [0.2, 0.25) is 0 Å². The summed E-state index contributed by atoms with van der Waals surface area (Å²) in [6, 6.07) is -0.598. The van der Waals surface area contributed by atoms with Gasteiger partial charge in [-0.25, -0.2) is 0 Å². The van der Waals surface area contributed by atoms with Crippen LogP contribution in [0.25, 0.3) is 0 Å². The molecule has 0 aliphatic carbocycles. The Kier molecular flexibility index (Phi) is 6.80. The minimum Gasteiger partial charge on any atom is -0.468 e. The van der Waals surface area contributed by atoms with E-state index in [1.54, 1.807) is 7.11 Å². The van der Waals surface area contributed by atoms with E-state index in [1.165, 1.54) is 7.11 Å². The van der Waals surface area contributed by atoms with Crippen molar-refractivity contribution in [3.63, 3.8) is 0 Å². The molecule has 2 unspecified atom stereocenters. The smallest absolute Gasteiger partial charge is 0.323 e. The summed E-state index contributed by atoms with van der Waals surface area (Å²) in [6.45, 7) is 3.80. The first-order chi connectivity index (χ1) is 9.11. The summed E-state index contributed by atoms with van der Waals surface area (Å²) in [5, 5.41) is 2.86. The van der Waals surface area contributed by atoms with Gasteiger partial charge in [-0.1, -0.05) is 0 Å². The number of hydrogen-bond acceptors (Lipinski definition) is 5. The first kappa shape index (κ1) is 15.9. The van der Waals surface area contributed by atoms with Crippen molar-refractivity contribution in [3.05, 3.63) is 0 Å². The predicted molar refractivity (Wildman–Crippen MR) is 70.7 cm³/mol. The van der Waals surface area contributed by atoms with Gasteiger partial charge in [-0.3, -0.25) is 14.5 Å². The number of ether oxygens (including phenoxy) is 2. The van der Waals surface area contributed by atoms with Gasteiger partial charge in [0.25, 0.3) is 0 Å². The van der Waals surface area contributed by atoms with E-state index in [2.05, 4.69) is 5.32 Å². The molecular weight excluding hydrogens is 248 g/mol. The average molecular weight is 272 g/mol. The maximum Gasteiger partial charge on any atom is 0.323 e. The zero-order valence-electron chi connectivity index (χ0n) is 12.0. The van der Waals surface area contributed by atoms with Crippen LogP contribution < -0.4 is 5.32 Å². The minimum absolute atomic E-state index is 0.0492. The molecule has 2 atom stereocenters. The Morgan fingerprint density at radius 1 is 1.42 bits per heavy atom. The second-order valence-electron chi connectivity index (χ2n) is 4.73. The number of nitrogens with zero attached hydrogens (tertiary/aromatic N) is 1. The molecule has 6 nitrogen and oxygen atoms in total. The van der Waals surface area contributed by atoms with Crippen molar-refractivity contribution >= 4 is 11.9 Å². The molecule has 19 heavy (non-hydrogen) atoms. The predicted octanol–water partition coefficient (Wildman–Crippen LogP) is 0.165. The van der Waals surface area contributed by atoms with Crippen LogP contribution >= 0.6 is 0 Å². The van der Waals surface area contributed by atoms with Gasteiger partial charge in [0, 0.05) is 20.3 Å². The molecule has 1 aliphatic rings. The third kappa shape index (κ3) is 4.47. The van der Waals surface area contributed by atoms with Crippen molar-refractivity contribution in [3.8, 4) is 0 Å². The van der Waals surface area contributed by atoms with Crippen LogP contribution in [0.3, 0.4) is 0 Å². The molecule has 1 N–H and O–H groups in total. The molecule has 1 amide bonds. The van der Waals surface area contributed by atoms with Crippen molar-refractivity contribution in [2.45, 2.75) is 38.3 Å². The summed E-state index contributed by atoms with van der Waals surface area (Å²) < 4.78 is 9.70. The second kappa shape index (κ2) is 8.12. The standard InChI is InChI=1S/C13H24N2O4/c1-10(12(16)14-7-5-9-18-2)15-8-4-6-11(15)13(17)19-3/h10-11H,4-9H2,1-3H3,(H,14,16). The summed E-state index contributed by atoms with van der Waals surface area (Å²) in [5.74, 6) is -0.302. The number of nitrogens with one attached hydrogen (secondary N) is 1. The zero-order chi connectivity index (χ0) is 14.3. The van der Waals surface area contributed by atoms with E-state index in [9.17, 15) is 9.59 Å². The summed E-state index contributed by atoms with van der Waals surface area (Å²) in [6.07, 6.45) is 2.46. The average Bonchev–Trinajstić information content (AvgIpc) is 2.90. The lowest BCUT2D eigenvalue weighted by Crippen LogP contribution is -2.50. The summed E-state index contributed by atoms with van der Waals surface area (Å²) >= 11 is 0. The Morgan fingerprint density at radius 2 is 2.16 bits per heavy atom. The maximum atomic E-state index is 12.0. The molecule has 1 fully saturated rings. The summed E-state index contributed by atoms with van der Waals surface area (Å²) in [4.78, 5) is 25.6. The Bertz CT molecular complexity index is 309. The molecule has 1 aliphatic heterocycles. The molecule has 0 saturated carbocycles. The number of esters is 1. The quantitative estimate of drug-likeness (QED) is 0.528. The molecule has 6 heteroatoms. The lowest BCUT2D eigenvalue weighted by molar-refractivity contribution is -0.147. The Balaban J connectivity index is 2.44. The molecule has 0 bridgehead atoms. The van der Waals surface area contributed by atoms with Crippen molar-refractivity contribution in [2.75, 3.05) is 33.9 Å². The normalized spacial score (nSPS) is 21.1. The van der Waals surface area contributed by atoms with Gasteiger partial charge in [-0.2, -0.15) is 0 Å². The highest BCUT2D eigenvalue weighted by Gasteiger charge is 2.36. The maximum absolute atomic E-state index is 12.0. The fraction of sp³-hybridized carbons (Fsp3) is 0.846. The Morgan fingerprint density at radius 3 is 2.79 bits per heavy atom. The van der Waals surface area contributed by atoms with E-state index in [-0.39, 0.29) is 24.0 Å². The van der Waals surface area contributed by atoms with Gasteiger partial charge in [0.05, 0.1) is 13.2 Å². The number of hydrogen-bond donors (Lipinski definition) is 1. The van der Waals surface area contributed by atoms with Gasteiger partial charge < -0.3 is 14.8 Å². The van der Waals surface area contributed by atoms with Gasteiger partial charge in [-0.05, 0) is 32.7 Å². The molecule has 0 spiro atoms. The molecular formula is C13H24N2O4. The fourth-order valence-corrected chi connectivity index (χ4v) is 2.37. The lowest BCUT2D eigenvalue weighted by Gasteiger charge is -2.28. The van der Waals surface area contributed by atoms with Crippen molar-refractivity contribution in [1.82, 2.24) is 10.2 Å². The van der Waals surface area contributed by atoms with E-state index < -0.39 is 0 Å². The van der Waals surface area contributed by atoms with Crippen LogP contribution in [-0.4, -0.2) is 62.8 Å².